The summed E-state index contributed by atoms with van der Waals surface area (Å²) in [5, 5.41) is 19.1. The van der Waals surface area contributed by atoms with Gasteiger partial charge in [-0.15, -0.1) is 31.7 Å². The third kappa shape index (κ3) is 3.15. The summed E-state index contributed by atoms with van der Waals surface area (Å²) in [5.41, 5.74) is 0.889. The normalized spacial score (nSPS) is 12.4. The number of hydrogen-bond acceptors (Lipinski definition) is 8. The number of rotatable bonds is 5. The lowest BCUT2D eigenvalue weighted by molar-refractivity contribution is 0.509. The average Bonchev–Trinajstić information content (AvgIpc) is 3.37. The Labute approximate surface area is 151 Å². The first kappa shape index (κ1) is 15.9. The maximum absolute atomic E-state index is 6.13. The number of aromatic nitrogens is 5. The lowest BCUT2D eigenvalue weighted by Gasteiger charge is -2.06. The Morgan fingerprint density at radius 2 is 1.92 bits per heavy atom. The Hall–Kier alpha value is -2.65. The standard InChI is InChI=1S/C16H14N6OS2/c1-10(14-19-20-15(23-14)11-6-3-2-4-7-11)25-16-21-18-13(22(16)17)12-8-5-9-24-12/h2-10H,17H2,1H3/t10-/m0/s1. The molecule has 9 heteroatoms. The fraction of sp³-hybridized carbons (Fsp3) is 0.125. The summed E-state index contributed by atoms with van der Waals surface area (Å²) >= 11 is 2.99. The molecule has 2 N–H and O–H groups in total. The molecule has 1 atom stereocenters. The highest BCUT2D eigenvalue weighted by molar-refractivity contribution is 7.99. The molecular formula is C16H14N6OS2. The van der Waals surface area contributed by atoms with E-state index in [1.165, 1.54) is 16.4 Å². The van der Waals surface area contributed by atoms with Gasteiger partial charge in [0.1, 0.15) is 0 Å². The zero-order valence-corrected chi connectivity index (χ0v) is 14.9. The van der Waals surface area contributed by atoms with Gasteiger partial charge in [-0.1, -0.05) is 36.0 Å². The van der Waals surface area contributed by atoms with Crippen molar-refractivity contribution in [1.82, 2.24) is 25.1 Å². The molecule has 1 aromatic carbocycles. The average molecular weight is 370 g/mol. The van der Waals surface area contributed by atoms with E-state index >= 15 is 0 Å². The third-order valence-electron chi connectivity index (χ3n) is 3.50. The van der Waals surface area contributed by atoms with Gasteiger partial charge >= 0.3 is 0 Å². The van der Waals surface area contributed by atoms with Gasteiger partial charge in [0, 0.05) is 5.56 Å². The van der Waals surface area contributed by atoms with Crippen molar-refractivity contribution in [1.29, 1.82) is 0 Å². The number of nitrogens with zero attached hydrogens (tertiary/aromatic N) is 5. The van der Waals surface area contributed by atoms with Gasteiger partial charge < -0.3 is 10.3 Å². The van der Waals surface area contributed by atoms with Crippen LogP contribution in [0.5, 0.6) is 0 Å². The lowest BCUT2D eigenvalue weighted by atomic mass is 10.2. The summed E-state index contributed by atoms with van der Waals surface area (Å²) in [6, 6.07) is 13.6. The third-order valence-corrected chi connectivity index (χ3v) is 5.41. The van der Waals surface area contributed by atoms with Crippen LogP contribution in [0.4, 0.5) is 0 Å². The van der Waals surface area contributed by atoms with E-state index in [0.717, 1.165) is 10.4 Å². The first-order valence-corrected chi connectivity index (χ1v) is 9.28. The molecule has 0 spiro atoms. The topological polar surface area (TPSA) is 95.7 Å². The molecular weight excluding hydrogens is 356 g/mol. The van der Waals surface area contributed by atoms with Crippen molar-refractivity contribution in [2.24, 2.45) is 0 Å². The largest absolute Gasteiger partial charge is 0.419 e. The summed E-state index contributed by atoms with van der Waals surface area (Å²) < 4.78 is 7.27. The van der Waals surface area contributed by atoms with Gasteiger partial charge in [0.15, 0.2) is 5.82 Å². The highest BCUT2D eigenvalue weighted by Gasteiger charge is 2.21. The van der Waals surface area contributed by atoms with E-state index in [0.29, 0.717) is 22.8 Å². The highest BCUT2D eigenvalue weighted by atomic mass is 32.2. The predicted octanol–water partition coefficient (Wildman–Crippen LogP) is 3.62. The van der Waals surface area contributed by atoms with Crippen LogP contribution < -0.4 is 5.84 Å². The lowest BCUT2D eigenvalue weighted by Crippen LogP contribution is -2.11. The number of nitrogen functional groups attached to an aromatic ring is 1. The minimum Gasteiger partial charge on any atom is -0.419 e. The quantitative estimate of drug-likeness (QED) is 0.423. The van der Waals surface area contributed by atoms with Crippen LogP contribution in [-0.4, -0.2) is 25.1 Å². The van der Waals surface area contributed by atoms with Crippen molar-refractivity contribution in [3.05, 3.63) is 53.7 Å². The van der Waals surface area contributed by atoms with Crippen molar-refractivity contribution >= 4 is 23.1 Å². The minimum atomic E-state index is -0.104. The predicted molar refractivity (Wildman–Crippen MR) is 97.5 cm³/mol. The van der Waals surface area contributed by atoms with Crippen molar-refractivity contribution in [3.63, 3.8) is 0 Å². The molecule has 0 saturated carbocycles. The second kappa shape index (κ2) is 6.69. The van der Waals surface area contributed by atoms with Crippen LogP contribution in [-0.2, 0) is 0 Å². The number of benzene rings is 1. The molecule has 4 aromatic rings. The smallest absolute Gasteiger partial charge is 0.247 e. The maximum atomic E-state index is 6.13. The van der Waals surface area contributed by atoms with Crippen molar-refractivity contribution in [2.45, 2.75) is 17.3 Å². The number of hydrogen-bond donors (Lipinski definition) is 1. The molecule has 0 aliphatic rings. The van der Waals surface area contributed by atoms with Gasteiger partial charge in [0.25, 0.3) is 0 Å². The molecule has 0 fully saturated rings. The first-order chi connectivity index (χ1) is 12.2. The molecule has 0 radical (unpaired) electrons. The summed E-state index contributed by atoms with van der Waals surface area (Å²) in [5.74, 6) is 7.78. The van der Waals surface area contributed by atoms with Gasteiger partial charge in [0.05, 0.1) is 10.1 Å². The van der Waals surface area contributed by atoms with Crippen LogP contribution >= 0.6 is 23.1 Å². The Balaban J connectivity index is 1.53. The second-order valence-electron chi connectivity index (χ2n) is 5.23. The SMILES string of the molecule is C[C@H](Sc1nnc(-c2cccs2)n1N)c1nnc(-c2ccccc2)o1. The van der Waals surface area contributed by atoms with Crippen LogP contribution in [0.2, 0.25) is 0 Å². The maximum Gasteiger partial charge on any atom is 0.247 e. The van der Waals surface area contributed by atoms with Crippen LogP contribution in [0.3, 0.4) is 0 Å². The Kier molecular flexibility index (Phi) is 4.24. The van der Waals surface area contributed by atoms with E-state index in [1.54, 1.807) is 11.3 Å². The summed E-state index contributed by atoms with van der Waals surface area (Å²) in [6.45, 7) is 1.96. The van der Waals surface area contributed by atoms with Gasteiger partial charge in [-0.3, -0.25) is 0 Å². The fourth-order valence-corrected chi connectivity index (χ4v) is 3.74. The van der Waals surface area contributed by atoms with Crippen LogP contribution in [0.1, 0.15) is 18.1 Å². The van der Waals surface area contributed by atoms with E-state index < -0.39 is 0 Å². The van der Waals surface area contributed by atoms with Gasteiger partial charge in [-0.05, 0) is 30.5 Å². The van der Waals surface area contributed by atoms with Crippen LogP contribution in [0.25, 0.3) is 22.2 Å². The van der Waals surface area contributed by atoms with Gasteiger partial charge in [-0.2, -0.15) is 0 Å². The van der Waals surface area contributed by atoms with Crippen molar-refractivity contribution in [2.75, 3.05) is 5.84 Å². The van der Waals surface area contributed by atoms with Crippen molar-refractivity contribution in [3.8, 4) is 22.2 Å². The molecule has 0 unspecified atom stereocenters. The summed E-state index contributed by atoms with van der Waals surface area (Å²) in [6.07, 6.45) is 0. The fourth-order valence-electron chi connectivity index (χ4n) is 2.24. The Morgan fingerprint density at radius 1 is 1.08 bits per heavy atom. The number of thiophene rings is 1. The zero-order valence-electron chi connectivity index (χ0n) is 13.2. The monoisotopic (exact) mass is 370 g/mol. The van der Waals surface area contributed by atoms with E-state index in [4.69, 9.17) is 10.3 Å². The Bertz CT molecular complexity index is 964. The molecule has 4 rings (SSSR count). The van der Waals surface area contributed by atoms with E-state index in [2.05, 4.69) is 20.4 Å². The number of nitrogens with two attached hydrogens (primary N) is 1. The highest BCUT2D eigenvalue weighted by Crippen LogP contribution is 2.35. The molecule has 25 heavy (non-hydrogen) atoms. The Morgan fingerprint density at radius 3 is 2.68 bits per heavy atom. The van der Waals surface area contributed by atoms with Gasteiger partial charge in [0.2, 0.25) is 16.9 Å². The van der Waals surface area contributed by atoms with E-state index in [-0.39, 0.29) is 5.25 Å². The first-order valence-electron chi connectivity index (χ1n) is 7.52. The molecule has 0 aliphatic heterocycles. The molecule has 0 saturated heterocycles. The molecule has 0 amide bonds. The molecule has 126 valence electrons. The molecule has 7 nitrogen and oxygen atoms in total. The molecule has 0 aliphatic carbocycles. The minimum absolute atomic E-state index is 0.104. The van der Waals surface area contributed by atoms with Crippen LogP contribution in [0.15, 0.2) is 57.4 Å². The summed E-state index contributed by atoms with van der Waals surface area (Å²) in [4.78, 5) is 0.971. The van der Waals surface area contributed by atoms with Crippen molar-refractivity contribution < 1.29 is 4.42 Å². The number of thioether (sulfide) groups is 1. The second-order valence-corrected chi connectivity index (χ2v) is 7.48. The van der Waals surface area contributed by atoms with Gasteiger partial charge in [-0.25, -0.2) is 4.68 Å². The zero-order chi connectivity index (χ0) is 17.2. The van der Waals surface area contributed by atoms with Crippen LogP contribution in [0, 0.1) is 0 Å². The van der Waals surface area contributed by atoms with E-state index in [1.807, 2.05) is 54.8 Å². The van der Waals surface area contributed by atoms with E-state index in [9.17, 15) is 0 Å². The molecule has 0 bridgehead atoms. The molecule has 3 aromatic heterocycles. The molecule has 3 heterocycles. The summed E-state index contributed by atoms with van der Waals surface area (Å²) in [7, 11) is 0.